The Morgan fingerprint density at radius 3 is 2.62 bits per heavy atom. The first kappa shape index (κ1) is 16.5. The zero-order valence-electron chi connectivity index (χ0n) is 24.5. The van der Waals surface area contributed by atoms with Crippen LogP contribution < -0.4 is 9.47 Å². The fourth-order valence-corrected chi connectivity index (χ4v) is 4.87. The lowest BCUT2D eigenvalue weighted by atomic mass is 9.91. The molecule has 174 valence electrons. The van der Waals surface area contributed by atoms with Crippen LogP contribution in [-0.2, 0) is 22.5 Å². The molecule has 4 rings (SSSR count). The van der Waals surface area contributed by atoms with E-state index in [2.05, 4.69) is 17.0 Å². The van der Waals surface area contributed by atoms with Gasteiger partial charge in [-0.2, -0.15) is 0 Å². The van der Waals surface area contributed by atoms with Crippen molar-refractivity contribution in [2.45, 2.75) is 63.4 Å². The Hall–Kier alpha value is -2.08. The third-order valence-corrected chi connectivity index (χ3v) is 6.59. The standard InChI is InChI=1S/C27H37NO4/c1-29-26-13-12-21(18-27(26)30-2)15-17-31-25-11-7-6-10-24(25)28-16-14-23(19-28)32-20-22-8-4-3-5-9-22/h3-5,8-9,12-13,18,23-25H,6-7,10-11,14-17,19-20H2,1-2H3/t23-,24?,25?/m0/s1/i1D3,2D3. The van der Waals surface area contributed by atoms with Crippen LogP contribution in [0, 0.1) is 0 Å². The van der Waals surface area contributed by atoms with Crippen molar-refractivity contribution in [3.63, 3.8) is 0 Å². The van der Waals surface area contributed by atoms with Crippen molar-refractivity contribution in [2.24, 2.45) is 0 Å². The van der Waals surface area contributed by atoms with Gasteiger partial charge in [0, 0.05) is 19.1 Å². The van der Waals surface area contributed by atoms with Crippen molar-refractivity contribution >= 4 is 0 Å². The number of hydrogen-bond donors (Lipinski definition) is 0. The van der Waals surface area contributed by atoms with Crippen LogP contribution in [0.4, 0.5) is 0 Å². The Morgan fingerprint density at radius 1 is 0.906 bits per heavy atom. The minimum Gasteiger partial charge on any atom is -0.493 e. The lowest BCUT2D eigenvalue weighted by Gasteiger charge is -2.37. The van der Waals surface area contributed by atoms with Crippen molar-refractivity contribution < 1.29 is 27.2 Å². The van der Waals surface area contributed by atoms with Crippen LogP contribution in [0.15, 0.2) is 48.5 Å². The van der Waals surface area contributed by atoms with Gasteiger partial charge in [-0.05, 0) is 48.9 Å². The van der Waals surface area contributed by atoms with Gasteiger partial charge in [-0.15, -0.1) is 0 Å². The van der Waals surface area contributed by atoms with Crippen LogP contribution in [0.3, 0.4) is 0 Å². The number of benzene rings is 2. The average Bonchev–Trinajstić information content (AvgIpc) is 3.32. The van der Waals surface area contributed by atoms with Gasteiger partial charge >= 0.3 is 0 Å². The molecule has 3 atom stereocenters. The average molecular weight is 446 g/mol. The molecule has 1 aliphatic carbocycles. The summed E-state index contributed by atoms with van der Waals surface area (Å²) in [7, 11) is -5.44. The number of methoxy groups -OCH3 is 2. The van der Waals surface area contributed by atoms with E-state index in [4.69, 9.17) is 27.2 Å². The first-order valence-corrected chi connectivity index (χ1v) is 11.6. The number of hydrogen-bond acceptors (Lipinski definition) is 5. The summed E-state index contributed by atoms with van der Waals surface area (Å²) in [6.07, 6.45) is 6.36. The van der Waals surface area contributed by atoms with Crippen molar-refractivity contribution in [2.75, 3.05) is 33.8 Å². The summed E-state index contributed by atoms with van der Waals surface area (Å²) in [5.41, 5.74) is 1.97. The maximum absolute atomic E-state index is 7.40. The van der Waals surface area contributed by atoms with E-state index in [-0.39, 0.29) is 23.7 Å². The van der Waals surface area contributed by atoms with Gasteiger partial charge in [0.2, 0.25) is 0 Å². The highest BCUT2D eigenvalue weighted by molar-refractivity contribution is 5.42. The largest absolute Gasteiger partial charge is 0.493 e. The second-order valence-electron chi connectivity index (χ2n) is 8.70. The summed E-state index contributed by atoms with van der Waals surface area (Å²) in [4.78, 5) is 2.52. The molecular weight excluding hydrogens is 402 g/mol. The Morgan fingerprint density at radius 2 is 1.75 bits per heavy atom. The van der Waals surface area contributed by atoms with E-state index in [9.17, 15) is 0 Å². The van der Waals surface area contributed by atoms with E-state index in [1.165, 1.54) is 24.1 Å². The summed E-state index contributed by atoms with van der Waals surface area (Å²) in [6, 6.07) is 15.3. The van der Waals surface area contributed by atoms with E-state index in [1.54, 1.807) is 6.07 Å². The summed E-state index contributed by atoms with van der Waals surface area (Å²) in [5.74, 6) is -0.246. The van der Waals surface area contributed by atoms with Crippen LogP contribution in [0.2, 0.25) is 0 Å². The third kappa shape index (κ3) is 6.03. The minimum absolute atomic E-state index is 0.118. The van der Waals surface area contributed by atoms with Crippen molar-refractivity contribution in [3.8, 4) is 11.5 Å². The van der Waals surface area contributed by atoms with Gasteiger partial charge in [0.15, 0.2) is 11.5 Å². The molecule has 2 aromatic carbocycles. The summed E-state index contributed by atoms with van der Waals surface area (Å²) in [6.45, 7) is 3.02. The van der Waals surface area contributed by atoms with Gasteiger partial charge in [0.1, 0.15) is 0 Å². The molecule has 5 heteroatoms. The number of likely N-dealkylation sites (tertiary alicyclic amines) is 1. The molecule has 2 unspecified atom stereocenters. The fraction of sp³-hybridized carbons (Fsp3) is 0.556. The molecule has 32 heavy (non-hydrogen) atoms. The van der Waals surface area contributed by atoms with Crippen molar-refractivity contribution in [3.05, 3.63) is 59.7 Å². The summed E-state index contributed by atoms with van der Waals surface area (Å²) >= 11 is 0. The van der Waals surface area contributed by atoms with Crippen LogP contribution >= 0.6 is 0 Å². The summed E-state index contributed by atoms with van der Waals surface area (Å²) in [5, 5.41) is 0. The molecule has 0 spiro atoms. The smallest absolute Gasteiger partial charge is 0.160 e. The highest BCUT2D eigenvalue weighted by Crippen LogP contribution is 2.30. The second-order valence-corrected chi connectivity index (χ2v) is 8.70. The number of ether oxygens (including phenoxy) is 4. The maximum atomic E-state index is 7.40. The molecule has 1 saturated heterocycles. The maximum Gasteiger partial charge on any atom is 0.160 e. The van der Waals surface area contributed by atoms with Crippen LogP contribution in [0.5, 0.6) is 11.5 Å². The Labute approximate surface area is 201 Å². The molecule has 0 radical (unpaired) electrons. The van der Waals surface area contributed by atoms with Gasteiger partial charge in [-0.3, -0.25) is 4.90 Å². The Bertz CT molecular complexity index is 1020. The van der Waals surface area contributed by atoms with E-state index in [1.807, 2.05) is 18.2 Å². The van der Waals surface area contributed by atoms with Crippen LogP contribution in [-0.4, -0.2) is 56.9 Å². The monoisotopic (exact) mass is 445 g/mol. The van der Waals surface area contributed by atoms with Crippen molar-refractivity contribution in [1.82, 2.24) is 4.90 Å². The predicted octanol–water partition coefficient (Wildman–Crippen LogP) is 4.87. The molecule has 2 aromatic rings. The van der Waals surface area contributed by atoms with Crippen LogP contribution in [0.25, 0.3) is 0 Å². The SMILES string of the molecule is [2H]C([2H])([2H])Oc1ccc(CCOC2CCCCC2N2CC[C@H](OCc3ccccc3)C2)cc1OC([2H])([2H])[2H]. The van der Waals surface area contributed by atoms with Gasteiger partial charge in [-0.25, -0.2) is 0 Å². The zero-order valence-corrected chi connectivity index (χ0v) is 18.5. The first-order chi connectivity index (χ1) is 18.1. The predicted molar refractivity (Wildman–Crippen MR) is 126 cm³/mol. The van der Waals surface area contributed by atoms with Gasteiger partial charge < -0.3 is 18.9 Å². The van der Waals surface area contributed by atoms with Crippen LogP contribution in [0.1, 0.15) is 51.5 Å². The quantitative estimate of drug-likeness (QED) is 0.522. The van der Waals surface area contributed by atoms with E-state index in [0.29, 0.717) is 25.7 Å². The lowest BCUT2D eigenvalue weighted by molar-refractivity contribution is -0.0352. The lowest BCUT2D eigenvalue weighted by Crippen LogP contribution is -2.46. The Kier molecular flexibility index (Phi) is 6.03. The molecule has 1 heterocycles. The molecule has 2 fully saturated rings. The zero-order chi connectivity index (χ0) is 27.2. The molecule has 0 N–H and O–H groups in total. The molecule has 0 bridgehead atoms. The fourth-order valence-electron chi connectivity index (χ4n) is 4.87. The second kappa shape index (κ2) is 11.7. The molecule has 0 amide bonds. The number of rotatable bonds is 10. The molecule has 1 aliphatic heterocycles. The highest BCUT2D eigenvalue weighted by atomic mass is 16.5. The molecule has 0 aromatic heterocycles. The van der Waals surface area contributed by atoms with Crippen molar-refractivity contribution in [1.29, 1.82) is 0 Å². The normalized spacial score (nSPS) is 27.4. The third-order valence-electron chi connectivity index (χ3n) is 6.59. The Balaban J connectivity index is 1.30. The molecule has 2 aliphatic rings. The summed E-state index contributed by atoms with van der Waals surface area (Å²) < 4.78 is 66.7. The van der Waals surface area contributed by atoms with Gasteiger partial charge in [-0.1, -0.05) is 49.2 Å². The number of nitrogens with zero attached hydrogens (tertiary/aromatic N) is 1. The van der Waals surface area contributed by atoms with E-state index < -0.39 is 14.1 Å². The molecule has 1 saturated carbocycles. The topological polar surface area (TPSA) is 40.2 Å². The highest BCUT2D eigenvalue weighted by Gasteiger charge is 2.35. The molecule has 5 nitrogen and oxygen atoms in total. The van der Waals surface area contributed by atoms with E-state index in [0.717, 1.165) is 44.3 Å². The van der Waals surface area contributed by atoms with E-state index >= 15 is 0 Å². The molecular formula is C27H37NO4. The first-order valence-electron chi connectivity index (χ1n) is 14.6. The van der Waals surface area contributed by atoms with Gasteiger partial charge in [0.25, 0.3) is 0 Å². The van der Waals surface area contributed by atoms with Gasteiger partial charge in [0.05, 0.1) is 47.7 Å². The minimum atomic E-state index is -2.73.